The van der Waals surface area contributed by atoms with Crippen LogP contribution < -0.4 is 0 Å². The van der Waals surface area contributed by atoms with E-state index in [1.165, 1.54) is 57.8 Å². The number of hydrogen-bond acceptors (Lipinski definition) is 0. The minimum atomic E-state index is 0.654. The minimum absolute atomic E-state index is 0.654. The van der Waals surface area contributed by atoms with Crippen molar-refractivity contribution in [3.63, 3.8) is 0 Å². The van der Waals surface area contributed by atoms with Gasteiger partial charge in [0, 0.05) is 0 Å². The Hall–Kier alpha value is -0.260. The first-order valence-electron chi connectivity index (χ1n) is 8.82. The van der Waals surface area contributed by atoms with Gasteiger partial charge in [-0.05, 0) is 73.0 Å². The molecule has 0 aliphatic heterocycles. The van der Waals surface area contributed by atoms with Crippen LogP contribution in [0.5, 0.6) is 0 Å². The SMILES string of the molecule is C[C@@]12CCC[C@H]1[C@@H]1C=CC3CCCC[C@]3(C)[C@H]1CC2. The van der Waals surface area contributed by atoms with E-state index in [-0.39, 0.29) is 0 Å². The van der Waals surface area contributed by atoms with Crippen molar-refractivity contribution in [1.29, 1.82) is 0 Å². The zero-order chi connectivity index (χ0) is 13.1. The summed E-state index contributed by atoms with van der Waals surface area (Å²) in [6, 6.07) is 0. The zero-order valence-corrected chi connectivity index (χ0v) is 12.8. The molecular weight excluding hydrogens is 228 g/mol. The van der Waals surface area contributed by atoms with Crippen molar-refractivity contribution in [2.45, 2.75) is 71.6 Å². The van der Waals surface area contributed by atoms with Crippen LogP contribution in [0.3, 0.4) is 0 Å². The third-order valence-corrected chi connectivity index (χ3v) is 7.85. The largest absolute Gasteiger partial charge is 0.0846 e. The molecule has 0 heteroatoms. The standard InChI is InChI=1S/C19H30/c1-18-11-5-7-16(18)15-9-8-14-6-3-4-12-19(14,2)17(15)10-13-18/h8-9,14-17H,3-7,10-13H2,1-2H3/t14?,15-,16-,17-,18-,19-/m0/s1. The van der Waals surface area contributed by atoms with Gasteiger partial charge in [0.05, 0.1) is 0 Å². The Morgan fingerprint density at radius 3 is 2.58 bits per heavy atom. The smallest absolute Gasteiger partial charge is 0.0166 e. The molecule has 106 valence electrons. The first-order valence-corrected chi connectivity index (χ1v) is 8.82. The van der Waals surface area contributed by atoms with E-state index in [0.717, 1.165) is 23.7 Å². The van der Waals surface area contributed by atoms with E-state index in [1.807, 2.05) is 0 Å². The summed E-state index contributed by atoms with van der Waals surface area (Å²) >= 11 is 0. The molecule has 0 amide bonds. The normalized spacial score (nSPS) is 56.3. The van der Waals surface area contributed by atoms with E-state index in [2.05, 4.69) is 26.0 Å². The quantitative estimate of drug-likeness (QED) is 0.497. The van der Waals surface area contributed by atoms with E-state index in [0.29, 0.717) is 10.8 Å². The fourth-order valence-corrected chi connectivity index (χ4v) is 6.65. The number of hydrogen-bond donors (Lipinski definition) is 0. The molecule has 0 spiro atoms. The van der Waals surface area contributed by atoms with Crippen molar-refractivity contribution in [2.24, 2.45) is 34.5 Å². The zero-order valence-electron chi connectivity index (χ0n) is 12.8. The van der Waals surface area contributed by atoms with E-state index in [9.17, 15) is 0 Å². The molecule has 3 saturated carbocycles. The Labute approximate surface area is 119 Å². The Morgan fingerprint density at radius 2 is 1.68 bits per heavy atom. The second-order valence-electron chi connectivity index (χ2n) is 8.62. The topological polar surface area (TPSA) is 0 Å². The molecule has 0 aromatic carbocycles. The van der Waals surface area contributed by atoms with E-state index in [1.54, 1.807) is 0 Å². The first-order chi connectivity index (χ1) is 9.13. The van der Waals surface area contributed by atoms with Crippen LogP contribution in [0.1, 0.15) is 71.6 Å². The van der Waals surface area contributed by atoms with Crippen molar-refractivity contribution >= 4 is 0 Å². The Kier molecular flexibility index (Phi) is 2.71. The molecule has 0 N–H and O–H groups in total. The predicted molar refractivity (Wildman–Crippen MR) is 80.9 cm³/mol. The van der Waals surface area contributed by atoms with Crippen LogP contribution in [-0.2, 0) is 0 Å². The molecular formula is C19H30. The van der Waals surface area contributed by atoms with E-state index in [4.69, 9.17) is 0 Å². The summed E-state index contributed by atoms with van der Waals surface area (Å²) in [6.45, 7) is 5.25. The highest BCUT2D eigenvalue weighted by Gasteiger charge is 2.55. The highest BCUT2D eigenvalue weighted by Crippen LogP contribution is 2.64. The van der Waals surface area contributed by atoms with Gasteiger partial charge in [0.25, 0.3) is 0 Å². The molecule has 4 aliphatic carbocycles. The van der Waals surface area contributed by atoms with Crippen LogP contribution in [-0.4, -0.2) is 0 Å². The van der Waals surface area contributed by atoms with Crippen LogP contribution in [0.15, 0.2) is 12.2 Å². The molecule has 0 saturated heterocycles. The molecule has 0 bridgehead atoms. The lowest BCUT2D eigenvalue weighted by Gasteiger charge is -2.57. The fraction of sp³-hybridized carbons (Fsp3) is 0.895. The van der Waals surface area contributed by atoms with Gasteiger partial charge < -0.3 is 0 Å². The fourth-order valence-electron chi connectivity index (χ4n) is 6.65. The number of allylic oxidation sites excluding steroid dienone is 2. The third kappa shape index (κ3) is 1.64. The maximum atomic E-state index is 2.69. The summed E-state index contributed by atoms with van der Waals surface area (Å²) in [5, 5.41) is 0. The summed E-state index contributed by atoms with van der Waals surface area (Å²) < 4.78 is 0. The molecule has 0 heterocycles. The van der Waals surface area contributed by atoms with Crippen molar-refractivity contribution in [1.82, 2.24) is 0 Å². The van der Waals surface area contributed by atoms with Gasteiger partial charge in [0.15, 0.2) is 0 Å². The van der Waals surface area contributed by atoms with Crippen molar-refractivity contribution in [2.75, 3.05) is 0 Å². The summed E-state index contributed by atoms with van der Waals surface area (Å²) in [6.07, 6.45) is 18.9. The Balaban J connectivity index is 1.70. The minimum Gasteiger partial charge on any atom is -0.0846 e. The highest BCUT2D eigenvalue weighted by molar-refractivity contribution is 5.16. The molecule has 1 unspecified atom stereocenters. The first kappa shape index (κ1) is 12.5. The molecule has 4 aliphatic rings. The van der Waals surface area contributed by atoms with E-state index < -0.39 is 0 Å². The maximum Gasteiger partial charge on any atom is -0.0166 e. The van der Waals surface area contributed by atoms with Crippen molar-refractivity contribution in [3.8, 4) is 0 Å². The average Bonchev–Trinajstić information content (AvgIpc) is 2.79. The second kappa shape index (κ2) is 4.12. The van der Waals surface area contributed by atoms with Gasteiger partial charge in [-0.1, -0.05) is 45.3 Å². The lowest BCUT2D eigenvalue weighted by Crippen LogP contribution is -2.49. The summed E-state index contributed by atoms with van der Waals surface area (Å²) in [5.41, 5.74) is 1.35. The summed E-state index contributed by atoms with van der Waals surface area (Å²) in [4.78, 5) is 0. The predicted octanol–water partition coefficient (Wildman–Crippen LogP) is 5.59. The van der Waals surface area contributed by atoms with Crippen LogP contribution in [0.4, 0.5) is 0 Å². The van der Waals surface area contributed by atoms with Gasteiger partial charge in [0.1, 0.15) is 0 Å². The van der Waals surface area contributed by atoms with Gasteiger partial charge in [-0.15, -0.1) is 0 Å². The lowest BCUT2D eigenvalue weighted by atomic mass is 9.47. The van der Waals surface area contributed by atoms with Crippen LogP contribution in [0.2, 0.25) is 0 Å². The Bertz CT molecular complexity index is 395. The molecule has 6 atom stereocenters. The number of fused-ring (bicyclic) bond motifs is 5. The monoisotopic (exact) mass is 258 g/mol. The Morgan fingerprint density at radius 1 is 0.789 bits per heavy atom. The number of rotatable bonds is 0. The van der Waals surface area contributed by atoms with Gasteiger partial charge in [-0.3, -0.25) is 0 Å². The summed E-state index contributed by atoms with van der Waals surface area (Å²) in [5.74, 6) is 3.87. The average molecular weight is 258 g/mol. The molecule has 0 nitrogen and oxygen atoms in total. The van der Waals surface area contributed by atoms with Crippen molar-refractivity contribution in [3.05, 3.63) is 12.2 Å². The molecule has 0 aromatic heterocycles. The molecule has 19 heavy (non-hydrogen) atoms. The van der Waals surface area contributed by atoms with Gasteiger partial charge >= 0.3 is 0 Å². The highest BCUT2D eigenvalue weighted by atomic mass is 14.6. The molecule has 0 radical (unpaired) electrons. The molecule has 3 fully saturated rings. The van der Waals surface area contributed by atoms with Gasteiger partial charge in [-0.25, -0.2) is 0 Å². The maximum absolute atomic E-state index is 2.69. The van der Waals surface area contributed by atoms with Gasteiger partial charge in [0.2, 0.25) is 0 Å². The van der Waals surface area contributed by atoms with Gasteiger partial charge in [-0.2, -0.15) is 0 Å². The van der Waals surface area contributed by atoms with Crippen LogP contribution >= 0.6 is 0 Å². The van der Waals surface area contributed by atoms with Crippen LogP contribution in [0.25, 0.3) is 0 Å². The van der Waals surface area contributed by atoms with E-state index >= 15 is 0 Å². The van der Waals surface area contributed by atoms with Crippen LogP contribution in [0, 0.1) is 34.5 Å². The second-order valence-corrected chi connectivity index (χ2v) is 8.62. The molecule has 0 aromatic rings. The van der Waals surface area contributed by atoms with Crippen molar-refractivity contribution < 1.29 is 0 Å². The third-order valence-electron chi connectivity index (χ3n) is 7.85. The summed E-state index contributed by atoms with van der Waals surface area (Å²) in [7, 11) is 0. The molecule has 4 rings (SSSR count). The lowest BCUT2D eigenvalue weighted by molar-refractivity contribution is -0.0467.